The number of hydrogen-bond acceptors (Lipinski definition) is 2. The Labute approximate surface area is 90.9 Å². The molecule has 0 saturated heterocycles. The van der Waals surface area contributed by atoms with Crippen LogP contribution in [0.5, 0.6) is 0 Å². The van der Waals surface area contributed by atoms with Gasteiger partial charge in [0.15, 0.2) is 0 Å². The lowest BCUT2D eigenvalue weighted by Gasteiger charge is -2.10. The normalized spacial score (nSPS) is 21.9. The number of benzene rings is 1. The van der Waals surface area contributed by atoms with Crippen molar-refractivity contribution in [2.75, 3.05) is 5.32 Å². The predicted octanol–water partition coefficient (Wildman–Crippen LogP) is 3.08. The van der Waals surface area contributed by atoms with Gasteiger partial charge in [0, 0.05) is 6.04 Å². The molecule has 1 aromatic rings. The van der Waals surface area contributed by atoms with Gasteiger partial charge in [0.2, 0.25) is 0 Å². The number of anilines is 1. The van der Waals surface area contributed by atoms with E-state index in [-0.39, 0.29) is 0 Å². The van der Waals surface area contributed by atoms with Crippen molar-refractivity contribution in [2.45, 2.75) is 33.2 Å². The van der Waals surface area contributed by atoms with Crippen LogP contribution in [0.15, 0.2) is 18.2 Å². The Morgan fingerprint density at radius 3 is 2.67 bits per heavy atom. The summed E-state index contributed by atoms with van der Waals surface area (Å²) in [6.07, 6.45) is 1.19. The third kappa shape index (κ3) is 1.97. The van der Waals surface area contributed by atoms with Gasteiger partial charge in [-0.25, -0.2) is 0 Å². The lowest BCUT2D eigenvalue weighted by Crippen LogP contribution is -2.09. The predicted molar refractivity (Wildman–Crippen MR) is 61.7 cm³/mol. The van der Waals surface area contributed by atoms with E-state index in [0.29, 0.717) is 11.5 Å². The molecule has 1 fully saturated rings. The van der Waals surface area contributed by atoms with Gasteiger partial charge < -0.3 is 5.32 Å². The molecule has 0 aliphatic heterocycles. The zero-order chi connectivity index (χ0) is 11.1. The first-order chi connectivity index (χ1) is 7.03. The summed E-state index contributed by atoms with van der Waals surface area (Å²) in [7, 11) is 0. The molecule has 1 atom stereocenters. The van der Waals surface area contributed by atoms with Crippen molar-refractivity contribution in [3.8, 4) is 6.07 Å². The Kier molecular flexibility index (Phi) is 2.19. The molecule has 1 N–H and O–H groups in total. The van der Waals surface area contributed by atoms with Crippen LogP contribution in [0.2, 0.25) is 0 Å². The standard InChI is InChI=1S/C13H16N2/c1-9-4-5-11(10(6-9)8-14)15-12-7-13(12,2)3/h4-6,12,15H,7H2,1-3H3. The Balaban J connectivity index is 2.19. The minimum absolute atomic E-state index is 0.387. The lowest BCUT2D eigenvalue weighted by atomic mass is 10.1. The molecule has 0 heterocycles. The van der Waals surface area contributed by atoms with Crippen molar-refractivity contribution in [3.63, 3.8) is 0 Å². The van der Waals surface area contributed by atoms with Crippen LogP contribution in [0.4, 0.5) is 5.69 Å². The third-order valence-electron chi connectivity index (χ3n) is 3.14. The fourth-order valence-electron chi connectivity index (χ4n) is 1.78. The first-order valence-electron chi connectivity index (χ1n) is 5.30. The lowest BCUT2D eigenvalue weighted by molar-refractivity contribution is 0.630. The van der Waals surface area contributed by atoms with E-state index >= 15 is 0 Å². The summed E-state index contributed by atoms with van der Waals surface area (Å²) in [6.45, 7) is 6.49. The van der Waals surface area contributed by atoms with Crippen molar-refractivity contribution in [2.24, 2.45) is 5.41 Å². The Hall–Kier alpha value is -1.49. The van der Waals surface area contributed by atoms with Crippen molar-refractivity contribution < 1.29 is 0 Å². The highest BCUT2D eigenvalue weighted by atomic mass is 15.0. The van der Waals surface area contributed by atoms with Gasteiger partial charge in [-0.15, -0.1) is 0 Å². The Morgan fingerprint density at radius 1 is 1.47 bits per heavy atom. The molecule has 0 spiro atoms. The zero-order valence-electron chi connectivity index (χ0n) is 9.46. The van der Waals surface area contributed by atoms with Gasteiger partial charge in [0.1, 0.15) is 6.07 Å². The molecule has 0 aromatic heterocycles. The molecule has 0 radical (unpaired) electrons. The maximum absolute atomic E-state index is 9.02. The van der Waals surface area contributed by atoms with Gasteiger partial charge in [0.25, 0.3) is 0 Å². The molecule has 1 aliphatic rings. The molecular formula is C13H16N2. The van der Waals surface area contributed by atoms with E-state index in [2.05, 4.69) is 25.2 Å². The fraction of sp³-hybridized carbons (Fsp3) is 0.462. The molecule has 2 nitrogen and oxygen atoms in total. The molecule has 0 amide bonds. The van der Waals surface area contributed by atoms with E-state index in [0.717, 1.165) is 16.8 Å². The maximum Gasteiger partial charge on any atom is 0.101 e. The SMILES string of the molecule is Cc1ccc(NC2CC2(C)C)c(C#N)c1. The molecule has 2 rings (SSSR count). The fourth-order valence-corrected chi connectivity index (χ4v) is 1.78. The minimum Gasteiger partial charge on any atom is -0.381 e. The van der Waals surface area contributed by atoms with Crippen molar-refractivity contribution in [1.82, 2.24) is 0 Å². The summed E-state index contributed by atoms with van der Waals surface area (Å²) < 4.78 is 0. The molecule has 15 heavy (non-hydrogen) atoms. The second kappa shape index (κ2) is 3.27. The second-order valence-electron chi connectivity index (χ2n) is 5.05. The summed E-state index contributed by atoms with van der Waals surface area (Å²) in [5.74, 6) is 0. The number of hydrogen-bond donors (Lipinski definition) is 1. The van der Waals surface area contributed by atoms with Crippen LogP contribution in [-0.4, -0.2) is 6.04 Å². The summed E-state index contributed by atoms with van der Waals surface area (Å²) in [5.41, 5.74) is 3.24. The van der Waals surface area contributed by atoms with Crippen LogP contribution in [-0.2, 0) is 0 Å². The Morgan fingerprint density at radius 2 is 2.13 bits per heavy atom. The molecule has 1 aliphatic carbocycles. The average Bonchev–Trinajstić information content (AvgIpc) is 2.77. The first kappa shape index (κ1) is 10.0. The summed E-state index contributed by atoms with van der Waals surface area (Å²) in [5, 5.41) is 12.4. The molecular weight excluding hydrogens is 184 g/mol. The van der Waals surface area contributed by atoms with E-state index in [4.69, 9.17) is 5.26 Å². The molecule has 2 heteroatoms. The van der Waals surface area contributed by atoms with Crippen LogP contribution in [0.1, 0.15) is 31.4 Å². The molecule has 1 saturated carbocycles. The number of nitrogens with one attached hydrogen (secondary N) is 1. The second-order valence-corrected chi connectivity index (χ2v) is 5.05. The van der Waals surface area contributed by atoms with Crippen molar-refractivity contribution >= 4 is 5.69 Å². The van der Waals surface area contributed by atoms with Crippen LogP contribution >= 0.6 is 0 Å². The number of nitriles is 1. The monoisotopic (exact) mass is 200 g/mol. The smallest absolute Gasteiger partial charge is 0.101 e. The molecule has 1 unspecified atom stereocenters. The maximum atomic E-state index is 9.02. The third-order valence-corrected chi connectivity index (χ3v) is 3.14. The van der Waals surface area contributed by atoms with Gasteiger partial charge in [-0.1, -0.05) is 19.9 Å². The Bertz CT molecular complexity index is 427. The van der Waals surface area contributed by atoms with E-state index < -0.39 is 0 Å². The summed E-state index contributed by atoms with van der Waals surface area (Å²) in [6, 6.07) is 8.73. The van der Waals surface area contributed by atoms with Crippen LogP contribution in [0, 0.1) is 23.7 Å². The number of aryl methyl sites for hydroxylation is 1. The van der Waals surface area contributed by atoms with E-state index in [1.54, 1.807) is 0 Å². The highest BCUT2D eigenvalue weighted by Gasteiger charge is 2.45. The zero-order valence-corrected chi connectivity index (χ0v) is 9.46. The largest absolute Gasteiger partial charge is 0.381 e. The number of rotatable bonds is 2. The van der Waals surface area contributed by atoms with Crippen LogP contribution in [0.25, 0.3) is 0 Å². The topological polar surface area (TPSA) is 35.8 Å². The number of nitrogens with zero attached hydrogens (tertiary/aromatic N) is 1. The van der Waals surface area contributed by atoms with Gasteiger partial charge in [-0.05, 0) is 36.5 Å². The van der Waals surface area contributed by atoms with Gasteiger partial charge in [-0.2, -0.15) is 5.26 Å². The molecule has 1 aromatic carbocycles. The summed E-state index contributed by atoms with van der Waals surface area (Å²) in [4.78, 5) is 0. The van der Waals surface area contributed by atoms with E-state index in [9.17, 15) is 0 Å². The average molecular weight is 200 g/mol. The van der Waals surface area contributed by atoms with E-state index in [1.807, 2.05) is 25.1 Å². The first-order valence-corrected chi connectivity index (χ1v) is 5.30. The van der Waals surface area contributed by atoms with E-state index in [1.165, 1.54) is 6.42 Å². The summed E-state index contributed by atoms with van der Waals surface area (Å²) >= 11 is 0. The quantitative estimate of drug-likeness (QED) is 0.796. The van der Waals surface area contributed by atoms with Crippen molar-refractivity contribution in [3.05, 3.63) is 29.3 Å². The van der Waals surface area contributed by atoms with Gasteiger partial charge in [-0.3, -0.25) is 0 Å². The molecule has 0 bridgehead atoms. The van der Waals surface area contributed by atoms with Gasteiger partial charge in [0.05, 0.1) is 11.3 Å². The van der Waals surface area contributed by atoms with Crippen LogP contribution in [0.3, 0.4) is 0 Å². The highest BCUT2D eigenvalue weighted by molar-refractivity contribution is 5.59. The van der Waals surface area contributed by atoms with Crippen molar-refractivity contribution in [1.29, 1.82) is 5.26 Å². The van der Waals surface area contributed by atoms with Crippen LogP contribution < -0.4 is 5.32 Å². The minimum atomic E-state index is 0.387. The molecule has 78 valence electrons. The van der Waals surface area contributed by atoms with Gasteiger partial charge >= 0.3 is 0 Å². The highest BCUT2D eigenvalue weighted by Crippen LogP contribution is 2.46.